The number of likely N-dealkylation sites (N-methyl/N-ethyl adjacent to an activating group) is 1. The van der Waals surface area contributed by atoms with Crippen molar-refractivity contribution in [3.05, 3.63) is 0 Å². The number of carbonyl (C=O) groups excluding carboxylic acids is 1. The van der Waals surface area contributed by atoms with Crippen LogP contribution in [0.5, 0.6) is 0 Å². The number of hydrogen-bond acceptors (Lipinski definition) is 3. The van der Waals surface area contributed by atoms with Crippen molar-refractivity contribution >= 4 is 5.91 Å². The lowest BCUT2D eigenvalue weighted by Gasteiger charge is -2.47. The Kier molecular flexibility index (Phi) is 3.73. The van der Waals surface area contributed by atoms with Crippen LogP contribution < -0.4 is 10.6 Å². The van der Waals surface area contributed by atoms with Crippen LogP contribution in [0.2, 0.25) is 0 Å². The fourth-order valence-electron chi connectivity index (χ4n) is 2.91. The van der Waals surface area contributed by atoms with Gasteiger partial charge in [0, 0.05) is 18.6 Å². The third-order valence-corrected chi connectivity index (χ3v) is 4.68. The molecule has 1 amide bonds. The summed E-state index contributed by atoms with van der Waals surface area (Å²) >= 11 is 0. The van der Waals surface area contributed by atoms with Crippen molar-refractivity contribution in [2.45, 2.75) is 31.7 Å². The van der Waals surface area contributed by atoms with Gasteiger partial charge in [-0.15, -0.1) is 0 Å². The van der Waals surface area contributed by atoms with Crippen LogP contribution in [0.25, 0.3) is 0 Å². The van der Waals surface area contributed by atoms with Crippen LogP contribution in [-0.2, 0) is 4.79 Å². The van der Waals surface area contributed by atoms with Crippen LogP contribution in [0.1, 0.15) is 26.2 Å². The molecule has 1 aliphatic heterocycles. The second kappa shape index (κ2) is 4.94. The number of nitrogens with one attached hydrogen (secondary N) is 2. The van der Waals surface area contributed by atoms with Crippen molar-refractivity contribution in [1.82, 2.24) is 15.5 Å². The van der Waals surface area contributed by atoms with Gasteiger partial charge in [0.2, 0.25) is 5.91 Å². The number of carbonyl (C=O) groups is 1. The molecule has 1 saturated carbocycles. The van der Waals surface area contributed by atoms with Crippen molar-refractivity contribution in [3.63, 3.8) is 0 Å². The van der Waals surface area contributed by atoms with Crippen molar-refractivity contribution < 1.29 is 4.79 Å². The molecule has 2 aliphatic rings. The molecule has 2 atom stereocenters. The highest BCUT2D eigenvalue weighted by molar-refractivity contribution is 5.79. The fourth-order valence-corrected chi connectivity index (χ4v) is 2.91. The first kappa shape index (κ1) is 12.8. The molecule has 0 aromatic heterocycles. The van der Waals surface area contributed by atoms with Crippen LogP contribution in [0.15, 0.2) is 0 Å². The summed E-state index contributed by atoms with van der Waals surface area (Å²) in [5, 5.41) is 6.44. The van der Waals surface area contributed by atoms with E-state index in [9.17, 15) is 4.79 Å². The monoisotopic (exact) mass is 239 g/mol. The van der Waals surface area contributed by atoms with Gasteiger partial charge in [-0.3, -0.25) is 4.79 Å². The minimum Gasteiger partial charge on any atom is -0.354 e. The number of hydrogen-bond donors (Lipinski definition) is 2. The maximum atomic E-state index is 12.1. The quantitative estimate of drug-likeness (QED) is 0.748. The number of rotatable bonds is 4. The molecule has 2 rings (SSSR count). The van der Waals surface area contributed by atoms with E-state index in [1.165, 1.54) is 19.3 Å². The molecule has 4 nitrogen and oxygen atoms in total. The molecule has 0 bridgehead atoms. The SMILES string of the molecule is CC1CNCC1C(=O)NCC1(N(C)C)CCC1. The van der Waals surface area contributed by atoms with Gasteiger partial charge in [0.15, 0.2) is 0 Å². The second-order valence-corrected chi connectivity index (χ2v) is 5.93. The largest absolute Gasteiger partial charge is 0.354 e. The molecule has 0 aromatic carbocycles. The van der Waals surface area contributed by atoms with Gasteiger partial charge in [-0.25, -0.2) is 0 Å². The lowest BCUT2D eigenvalue weighted by atomic mass is 9.75. The van der Waals surface area contributed by atoms with Crippen molar-refractivity contribution in [3.8, 4) is 0 Å². The maximum absolute atomic E-state index is 12.1. The van der Waals surface area contributed by atoms with E-state index in [1.807, 2.05) is 0 Å². The van der Waals surface area contributed by atoms with Crippen molar-refractivity contribution in [2.24, 2.45) is 11.8 Å². The van der Waals surface area contributed by atoms with E-state index in [1.54, 1.807) is 0 Å². The molecule has 17 heavy (non-hydrogen) atoms. The van der Waals surface area contributed by atoms with Crippen LogP contribution in [-0.4, -0.2) is 50.1 Å². The third-order valence-electron chi connectivity index (χ3n) is 4.68. The summed E-state index contributed by atoms with van der Waals surface area (Å²) in [6.07, 6.45) is 3.70. The van der Waals surface area contributed by atoms with Crippen molar-refractivity contribution in [2.75, 3.05) is 33.7 Å². The fraction of sp³-hybridized carbons (Fsp3) is 0.923. The Bertz CT molecular complexity index is 286. The van der Waals surface area contributed by atoms with Gasteiger partial charge in [0.1, 0.15) is 0 Å². The second-order valence-electron chi connectivity index (χ2n) is 5.93. The van der Waals surface area contributed by atoms with E-state index >= 15 is 0 Å². The lowest BCUT2D eigenvalue weighted by molar-refractivity contribution is -0.126. The minimum absolute atomic E-state index is 0.161. The molecule has 1 heterocycles. The molecule has 1 aliphatic carbocycles. The average molecular weight is 239 g/mol. The minimum atomic E-state index is 0.161. The summed E-state index contributed by atoms with van der Waals surface area (Å²) in [6, 6.07) is 0. The van der Waals surface area contributed by atoms with Gasteiger partial charge in [-0.05, 0) is 45.8 Å². The standard InChI is InChI=1S/C13H25N3O/c1-10-7-14-8-11(10)12(17)15-9-13(16(2)3)5-4-6-13/h10-11,14H,4-9H2,1-3H3,(H,15,17). The molecule has 98 valence electrons. The first-order valence-electron chi connectivity index (χ1n) is 6.71. The van der Waals surface area contributed by atoms with Gasteiger partial charge >= 0.3 is 0 Å². The number of amides is 1. The topological polar surface area (TPSA) is 44.4 Å². The summed E-state index contributed by atoms with van der Waals surface area (Å²) in [6.45, 7) is 4.76. The van der Waals surface area contributed by atoms with E-state index < -0.39 is 0 Å². The van der Waals surface area contributed by atoms with E-state index in [4.69, 9.17) is 0 Å². The lowest BCUT2D eigenvalue weighted by Crippen LogP contribution is -2.57. The Hall–Kier alpha value is -0.610. The molecular formula is C13H25N3O. The maximum Gasteiger partial charge on any atom is 0.224 e. The van der Waals surface area contributed by atoms with E-state index in [-0.39, 0.29) is 17.4 Å². The zero-order valence-electron chi connectivity index (χ0n) is 11.3. The molecule has 4 heteroatoms. The van der Waals surface area contributed by atoms with Gasteiger partial charge in [-0.2, -0.15) is 0 Å². The third kappa shape index (κ3) is 2.47. The predicted molar refractivity (Wildman–Crippen MR) is 68.8 cm³/mol. The number of nitrogens with zero attached hydrogens (tertiary/aromatic N) is 1. The van der Waals surface area contributed by atoms with Crippen molar-refractivity contribution in [1.29, 1.82) is 0 Å². The van der Waals surface area contributed by atoms with E-state index in [2.05, 4.69) is 36.6 Å². The zero-order chi connectivity index (χ0) is 12.5. The van der Waals surface area contributed by atoms with Crippen LogP contribution in [0.3, 0.4) is 0 Å². The molecule has 2 fully saturated rings. The first-order valence-corrected chi connectivity index (χ1v) is 6.71. The molecule has 0 spiro atoms. The summed E-state index contributed by atoms with van der Waals surface area (Å²) < 4.78 is 0. The molecule has 0 aromatic rings. The summed E-state index contributed by atoms with van der Waals surface area (Å²) in [7, 11) is 4.23. The van der Waals surface area contributed by atoms with Crippen LogP contribution >= 0.6 is 0 Å². The molecular weight excluding hydrogens is 214 g/mol. The van der Waals surface area contributed by atoms with E-state index in [0.29, 0.717) is 5.92 Å². The normalized spacial score (nSPS) is 31.3. The summed E-state index contributed by atoms with van der Waals surface area (Å²) in [5.74, 6) is 0.858. The predicted octanol–water partition coefficient (Wildman–Crippen LogP) is 0.442. The average Bonchev–Trinajstić information content (AvgIpc) is 2.62. The first-order chi connectivity index (χ1) is 8.05. The van der Waals surface area contributed by atoms with Crippen LogP contribution in [0, 0.1) is 11.8 Å². The highest BCUT2D eigenvalue weighted by atomic mass is 16.1. The molecule has 2 N–H and O–H groups in total. The Labute approximate surface area is 104 Å². The Morgan fingerprint density at radius 3 is 2.53 bits per heavy atom. The Morgan fingerprint density at radius 1 is 1.41 bits per heavy atom. The Morgan fingerprint density at radius 2 is 2.12 bits per heavy atom. The molecule has 1 saturated heterocycles. The molecule has 0 radical (unpaired) electrons. The summed E-state index contributed by atoms with van der Waals surface area (Å²) in [4.78, 5) is 14.4. The van der Waals surface area contributed by atoms with Gasteiger partial charge < -0.3 is 15.5 Å². The van der Waals surface area contributed by atoms with Crippen LogP contribution in [0.4, 0.5) is 0 Å². The summed E-state index contributed by atoms with van der Waals surface area (Å²) in [5.41, 5.74) is 0.227. The zero-order valence-corrected chi connectivity index (χ0v) is 11.3. The smallest absolute Gasteiger partial charge is 0.224 e. The van der Waals surface area contributed by atoms with Gasteiger partial charge in [0.25, 0.3) is 0 Å². The molecule has 2 unspecified atom stereocenters. The van der Waals surface area contributed by atoms with E-state index in [0.717, 1.165) is 19.6 Å². The Balaban J connectivity index is 1.83. The highest BCUT2D eigenvalue weighted by Crippen LogP contribution is 2.35. The highest BCUT2D eigenvalue weighted by Gasteiger charge is 2.40. The van der Waals surface area contributed by atoms with Gasteiger partial charge in [0.05, 0.1) is 5.92 Å². The van der Waals surface area contributed by atoms with Gasteiger partial charge in [-0.1, -0.05) is 6.92 Å².